The SMILES string of the molecule is CCC(CC)CNC(=O)c1cc(Br)cc(S(N)(=O)=O)c1. The van der Waals surface area contributed by atoms with Gasteiger partial charge in [-0.2, -0.15) is 0 Å². The van der Waals surface area contributed by atoms with Gasteiger partial charge in [0.25, 0.3) is 5.91 Å². The lowest BCUT2D eigenvalue weighted by Crippen LogP contribution is -2.29. The summed E-state index contributed by atoms with van der Waals surface area (Å²) in [6.07, 6.45) is 1.97. The van der Waals surface area contributed by atoms with Gasteiger partial charge in [-0.3, -0.25) is 4.79 Å². The van der Waals surface area contributed by atoms with Crippen molar-refractivity contribution in [3.8, 4) is 0 Å². The van der Waals surface area contributed by atoms with Crippen molar-refractivity contribution in [3.63, 3.8) is 0 Å². The molecular formula is C13H19BrN2O3S. The second-order valence-corrected chi connectivity index (χ2v) is 7.09. The fraction of sp³-hybridized carbons (Fsp3) is 0.462. The maximum Gasteiger partial charge on any atom is 0.251 e. The fourth-order valence-electron chi connectivity index (χ4n) is 1.77. The van der Waals surface area contributed by atoms with Crippen LogP contribution in [0.2, 0.25) is 0 Å². The Morgan fingerprint density at radius 1 is 1.30 bits per heavy atom. The zero-order chi connectivity index (χ0) is 15.3. The highest BCUT2D eigenvalue weighted by molar-refractivity contribution is 9.10. The van der Waals surface area contributed by atoms with E-state index in [9.17, 15) is 13.2 Å². The van der Waals surface area contributed by atoms with E-state index in [1.807, 2.05) is 0 Å². The molecule has 5 nitrogen and oxygen atoms in total. The van der Waals surface area contributed by atoms with Crippen LogP contribution in [0.15, 0.2) is 27.6 Å². The van der Waals surface area contributed by atoms with Crippen molar-refractivity contribution in [2.45, 2.75) is 31.6 Å². The summed E-state index contributed by atoms with van der Waals surface area (Å²) in [5, 5.41) is 7.89. The molecule has 3 N–H and O–H groups in total. The normalized spacial score (nSPS) is 11.7. The Balaban J connectivity index is 2.91. The van der Waals surface area contributed by atoms with Gasteiger partial charge in [-0.05, 0) is 24.1 Å². The fourth-order valence-corrected chi connectivity index (χ4v) is 3.00. The summed E-state index contributed by atoms with van der Waals surface area (Å²) in [6.45, 7) is 4.71. The summed E-state index contributed by atoms with van der Waals surface area (Å²) < 4.78 is 23.2. The Hall–Kier alpha value is -0.920. The first-order chi connectivity index (χ1) is 9.27. The molecule has 0 heterocycles. The summed E-state index contributed by atoms with van der Waals surface area (Å²) in [4.78, 5) is 12.0. The summed E-state index contributed by atoms with van der Waals surface area (Å²) in [6, 6.07) is 4.21. The van der Waals surface area contributed by atoms with E-state index in [-0.39, 0.29) is 16.4 Å². The zero-order valence-electron chi connectivity index (χ0n) is 11.5. The molecule has 0 bridgehead atoms. The van der Waals surface area contributed by atoms with Crippen molar-refractivity contribution in [2.75, 3.05) is 6.54 Å². The third-order valence-corrected chi connectivity index (χ3v) is 4.52. The number of sulfonamides is 1. The average molecular weight is 363 g/mol. The van der Waals surface area contributed by atoms with Crippen LogP contribution in [0.4, 0.5) is 0 Å². The number of halogens is 1. The van der Waals surface area contributed by atoms with E-state index < -0.39 is 10.0 Å². The highest BCUT2D eigenvalue weighted by Gasteiger charge is 2.14. The lowest BCUT2D eigenvalue weighted by Gasteiger charge is -2.13. The van der Waals surface area contributed by atoms with E-state index in [1.165, 1.54) is 12.1 Å². The third kappa shape index (κ3) is 4.88. The molecule has 1 amide bonds. The van der Waals surface area contributed by atoms with Crippen molar-refractivity contribution >= 4 is 31.9 Å². The van der Waals surface area contributed by atoms with Crippen LogP contribution in [-0.4, -0.2) is 20.9 Å². The number of amides is 1. The quantitative estimate of drug-likeness (QED) is 0.813. The van der Waals surface area contributed by atoms with Gasteiger partial charge < -0.3 is 5.32 Å². The molecule has 1 rings (SSSR count). The summed E-state index contributed by atoms with van der Waals surface area (Å²) in [7, 11) is -3.83. The Morgan fingerprint density at radius 3 is 2.40 bits per heavy atom. The van der Waals surface area contributed by atoms with Crippen molar-refractivity contribution in [3.05, 3.63) is 28.2 Å². The largest absolute Gasteiger partial charge is 0.352 e. The monoisotopic (exact) mass is 362 g/mol. The molecule has 0 saturated heterocycles. The highest BCUT2D eigenvalue weighted by Crippen LogP contribution is 2.19. The predicted molar refractivity (Wildman–Crippen MR) is 81.9 cm³/mol. The molecule has 0 atom stereocenters. The Morgan fingerprint density at radius 2 is 1.90 bits per heavy atom. The van der Waals surface area contributed by atoms with Crippen molar-refractivity contribution < 1.29 is 13.2 Å². The van der Waals surface area contributed by atoms with Crippen LogP contribution in [0.3, 0.4) is 0 Å². The molecule has 0 radical (unpaired) electrons. The molecule has 1 aromatic rings. The summed E-state index contributed by atoms with van der Waals surface area (Å²) in [5.41, 5.74) is 0.273. The van der Waals surface area contributed by atoms with E-state index in [2.05, 4.69) is 35.1 Å². The average Bonchev–Trinajstić information content (AvgIpc) is 2.38. The van der Waals surface area contributed by atoms with Crippen LogP contribution in [0.1, 0.15) is 37.0 Å². The first kappa shape index (κ1) is 17.1. The van der Waals surface area contributed by atoms with Gasteiger partial charge >= 0.3 is 0 Å². The molecule has 0 aromatic heterocycles. The maximum absolute atomic E-state index is 12.0. The summed E-state index contributed by atoms with van der Waals surface area (Å²) >= 11 is 3.18. The lowest BCUT2D eigenvalue weighted by atomic mass is 10.0. The van der Waals surface area contributed by atoms with Crippen molar-refractivity contribution in [2.24, 2.45) is 11.1 Å². The van der Waals surface area contributed by atoms with Gasteiger partial charge in [0.1, 0.15) is 0 Å². The molecule has 0 saturated carbocycles. The first-order valence-corrected chi connectivity index (χ1v) is 8.73. The van der Waals surface area contributed by atoms with Gasteiger partial charge in [0.2, 0.25) is 10.0 Å². The van der Waals surface area contributed by atoms with Gasteiger partial charge in [-0.15, -0.1) is 0 Å². The Kier molecular flexibility index (Phi) is 6.16. The second-order valence-electron chi connectivity index (χ2n) is 4.61. The molecule has 20 heavy (non-hydrogen) atoms. The van der Waals surface area contributed by atoms with Crippen molar-refractivity contribution in [1.82, 2.24) is 5.32 Å². The van der Waals surface area contributed by atoms with Gasteiger partial charge in [0.05, 0.1) is 4.90 Å². The number of carbonyl (C=O) groups is 1. The topological polar surface area (TPSA) is 89.3 Å². The van der Waals surface area contributed by atoms with E-state index in [1.54, 1.807) is 6.07 Å². The van der Waals surface area contributed by atoms with Crippen LogP contribution in [0, 0.1) is 5.92 Å². The van der Waals surface area contributed by atoms with E-state index in [0.717, 1.165) is 12.8 Å². The number of nitrogens with one attached hydrogen (secondary N) is 1. The molecule has 0 spiro atoms. The molecular weight excluding hydrogens is 344 g/mol. The predicted octanol–water partition coefficient (Wildman–Crippen LogP) is 2.26. The van der Waals surface area contributed by atoms with Gasteiger partial charge in [0.15, 0.2) is 0 Å². The molecule has 1 aromatic carbocycles. The maximum atomic E-state index is 12.0. The lowest BCUT2D eigenvalue weighted by molar-refractivity contribution is 0.0946. The van der Waals surface area contributed by atoms with Gasteiger partial charge in [-0.1, -0.05) is 42.6 Å². The minimum absolute atomic E-state index is 0.0837. The molecule has 0 aliphatic carbocycles. The van der Waals surface area contributed by atoms with Gasteiger partial charge in [-0.25, -0.2) is 13.6 Å². The number of nitrogens with two attached hydrogens (primary N) is 1. The number of primary sulfonamides is 1. The molecule has 0 aliphatic rings. The van der Waals surface area contributed by atoms with E-state index >= 15 is 0 Å². The molecule has 0 unspecified atom stereocenters. The number of hydrogen-bond acceptors (Lipinski definition) is 3. The number of hydrogen-bond donors (Lipinski definition) is 2. The summed E-state index contributed by atoms with van der Waals surface area (Å²) in [5.74, 6) is 0.118. The van der Waals surface area contributed by atoms with E-state index in [4.69, 9.17) is 5.14 Å². The second kappa shape index (κ2) is 7.19. The van der Waals surface area contributed by atoms with E-state index in [0.29, 0.717) is 16.9 Å². The third-order valence-electron chi connectivity index (χ3n) is 3.17. The van der Waals surface area contributed by atoms with Crippen LogP contribution >= 0.6 is 15.9 Å². The number of benzene rings is 1. The van der Waals surface area contributed by atoms with Crippen molar-refractivity contribution in [1.29, 1.82) is 0 Å². The Labute approximate surface area is 128 Å². The highest BCUT2D eigenvalue weighted by atomic mass is 79.9. The number of rotatable bonds is 6. The number of carbonyl (C=O) groups excluding carboxylic acids is 1. The van der Waals surface area contributed by atoms with Crippen LogP contribution < -0.4 is 10.5 Å². The minimum Gasteiger partial charge on any atom is -0.352 e. The Bertz CT molecular complexity index is 583. The molecule has 0 fully saturated rings. The van der Waals surface area contributed by atoms with Gasteiger partial charge in [0, 0.05) is 16.6 Å². The molecule has 112 valence electrons. The standard InChI is InChI=1S/C13H19BrN2O3S/c1-3-9(4-2)8-16-13(17)10-5-11(14)7-12(6-10)20(15,18)19/h5-7,9H,3-4,8H2,1-2H3,(H,16,17)(H2,15,18,19). The minimum atomic E-state index is -3.83. The van der Waals surface area contributed by atoms with Crippen LogP contribution in [-0.2, 0) is 10.0 Å². The molecule has 0 aliphatic heterocycles. The first-order valence-electron chi connectivity index (χ1n) is 6.39. The van der Waals surface area contributed by atoms with Crippen LogP contribution in [0.5, 0.6) is 0 Å². The van der Waals surface area contributed by atoms with Crippen LogP contribution in [0.25, 0.3) is 0 Å². The molecule has 7 heteroatoms. The zero-order valence-corrected chi connectivity index (χ0v) is 13.9. The smallest absolute Gasteiger partial charge is 0.251 e.